The minimum absolute atomic E-state index is 0.493. The summed E-state index contributed by atoms with van der Waals surface area (Å²) in [6, 6.07) is 3.28. The van der Waals surface area contributed by atoms with Crippen LogP contribution >= 0.6 is 0 Å². The van der Waals surface area contributed by atoms with Gasteiger partial charge in [-0.05, 0) is 24.9 Å². The molecule has 0 amide bonds. The molecule has 2 rings (SSSR count). The molecule has 0 aromatic heterocycles. The molecule has 5 heteroatoms. The van der Waals surface area contributed by atoms with Crippen LogP contribution in [0.15, 0.2) is 11.6 Å². The summed E-state index contributed by atoms with van der Waals surface area (Å²) < 4.78 is 2.83. The Morgan fingerprint density at radius 1 is 1.29 bits per heavy atom. The quantitative estimate of drug-likeness (QED) is 0.784. The maximum absolute atomic E-state index is 11.0. The number of hydrogen-bond acceptors (Lipinski definition) is 2. The zero-order valence-electron chi connectivity index (χ0n) is 11.3. The maximum Gasteiger partial charge on any atom is 0.331 e. The van der Waals surface area contributed by atoms with Gasteiger partial charge in [0.1, 0.15) is 16.5 Å². The third-order valence-corrected chi connectivity index (χ3v) is 14.8. The Kier molecular flexibility index (Phi) is 3.12. The minimum Gasteiger partial charge on any atom is -0.478 e. The van der Waals surface area contributed by atoms with E-state index in [1.165, 1.54) is 12.1 Å². The maximum atomic E-state index is 11.0. The highest BCUT2D eigenvalue weighted by molar-refractivity contribution is 6.95. The topological polar surface area (TPSA) is 40.5 Å². The van der Waals surface area contributed by atoms with Gasteiger partial charge in [0.15, 0.2) is 0 Å². The second-order valence-corrected chi connectivity index (χ2v) is 16.3. The van der Waals surface area contributed by atoms with Gasteiger partial charge in [0.25, 0.3) is 0 Å². The molecule has 1 fully saturated rings. The Hall–Kier alpha value is -0.396. The lowest BCUT2D eigenvalue weighted by molar-refractivity contribution is -0.132. The largest absolute Gasteiger partial charge is 0.478 e. The van der Waals surface area contributed by atoms with E-state index in [9.17, 15) is 4.79 Å². The average molecular weight is 269 g/mol. The second-order valence-electron chi connectivity index (χ2n) is 6.62. The Labute approximate surface area is 106 Å². The highest BCUT2D eigenvalue weighted by atomic mass is 28.4. The molecular formula is C12H23NO2Si2. The predicted molar refractivity (Wildman–Crippen MR) is 75.2 cm³/mol. The molecular weight excluding hydrogens is 246 g/mol. The van der Waals surface area contributed by atoms with Crippen molar-refractivity contribution in [3.05, 3.63) is 11.6 Å². The van der Waals surface area contributed by atoms with E-state index in [4.69, 9.17) is 5.11 Å². The van der Waals surface area contributed by atoms with Gasteiger partial charge in [-0.25, -0.2) is 4.79 Å². The van der Waals surface area contributed by atoms with Gasteiger partial charge in [0, 0.05) is 11.6 Å². The van der Waals surface area contributed by atoms with Crippen molar-refractivity contribution < 1.29 is 9.90 Å². The van der Waals surface area contributed by atoms with Gasteiger partial charge in [-0.2, -0.15) is 0 Å². The highest BCUT2D eigenvalue weighted by Crippen LogP contribution is 2.42. The van der Waals surface area contributed by atoms with Crippen LogP contribution in [-0.4, -0.2) is 37.8 Å². The second kappa shape index (κ2) is 4.07. The third kappa shape index (κ3) is 2.28. The molecule has 3 nitrogen and oxygen atoms in total. The number of carboxylic acids is 1. The first-order valence-electron chi connectivity index (χ1n) is 6.46. The summed E-state index contributed by atoms with van der Waals surface area (Å²) in [6.45, 7) is 9.81. The van der Waals surface area contributed by atoms with E-state index in [1.54, 1.807) is 0 Å². The van der Waals surface area contributed by atoms with Crippen molar-refractivity contribution in [2.45, 2.75) is 57.2 Å². The first-order chi connectivity index (χ1) is 7.74. The molecule has 1 saturated heterocycles. The van der Waals surface area contributed by atoms with Crippen molar-refractivity contribution in [1.82, 2.24) is 4.23 Å². The van der Waals surface area contributed by atoms with E-state index in [1.807, 2.05) is 6.08 Å². The number of nitrogens with zero attached hydrogens (tertiary/aromatic N) is 1. The summed E-state index contributed by atoms with van der Waals surface area (Å²) >= 11 is 0. The molecule has 1 aliphatic heterocycles. The van der Waals surface area contributed by atoms with Gasteiger partial charge in [0.05, 0.1) is 0 Å². The summed E-state index contributed by atoms with van der Waals surface area (Å²) in [5.41, 5.74) is 0.636. The Morgan fingerprint density at radius 3 is 2.24 bits per heavy atom. The van der Waals surface area contributed by atoms with Crippen molar-refractivity contribution in [1.29, 1.82) is 0 Å². The smallest absolute Gasteiger partial charge is 0.331 e. The van der Waals surface area contributed by atoms with Crippen LogP contribution in [0.1, 0.15) is 12.8 Å². The number of rotatable bonds is 2. The molecule has 0 bridgehead atoms. The first kappa shape index (κ1) is 13.0. The van der Waals surface area contributed by atoms with Crippen LogP contribution in [0.4, 0.5) is 0 Å². The molecule has 0 aromatic rings. The summed E-state index contributed by atoms with van der Waals surface area (Å²) in [5.74, 6) is -0.717. The summed E-state index contributed by atoms with van der Waals surface area (Å²) in [5, 5.41) is 9.07. The Bertz CT molecular complexity index is 361. The van der Waals surface area contributed by atoms with E-state index in [0.29, 0.717) is 11.6 Å². The van der Waals surface area contributed by atoms with Gasteiger partial charge in [0.2, 0.25) is 0 Å². The fraction of sp³-hybridized carbons (Fsp3) is 0.750. The Morgan fingerprint density at radius 2 is 1.82 bits per heavy atom. The first-order valence-corrected chi connectivity index (χ1v) is 12.8. The van der Waals surface area contributed by atoms with Crippen molar-refractivity contribution in [2.24, 2.45) is 0 Å². The molecule has 1 unspecified atom stereocenters. The normalized spacial score (nSPS) is 31.5. The van der Waals surface area contributed by atoms with E-state index < -0.39 is 22.4 Å². The molecule has 0 radical (unpaired) electrons. The lowest BCUT2D eigenvalue weighted by atomic mass is 10.2. The van der Waals surface area contributed by atoms with E-state index in [0.717, 1.165) is 12.8 Å². The number of hydrogen-bond donors (Lipinski definition) is 1. The fourth-order valence-electron chi connectivity index (χ4n) is 3.73. The molecule has 2 aliphatic rings. The molecule has 1 aliphatic carbocycles. The van der Waals surface area contributed by atoms with Crippen LogP contribution in [0.25, 0.3) is 0 Å². The van der Waals surface area contributed by atoms with Gasteiger partial charge >= 0.3 is 5.97 Å². The highest BCUT2D eigenvalue weighted by Gasteiger charge is 2.50. The summed E-state index contributed by atoms with van der Waals surface area (Å²) in [7, 11) is -2.53. The van der Waals surface area contributed by atoms with E-state index in [2.05, 4.69) is 30.4 Å². The molecule has 96 valence electrons. The lowest BCUT2D eigenvalue weighted by Gasteiger charge is -2.43. The van der Waals surface area contributed by atoms with Gasteiger partial charge < -0.3 is 9.34 Å². The summed E-state index contributed by atoms with van der Waals surface area (Å²) in [4.78, 5) is 11.0. The molecule has 1 atom stereocenters. The van der Waals surface area contributed by atoms with Crippen LogP contribution in [0, 0.1) is 0 Å². The number of carbonyl (C=O) groups is 1. The van der Waals surface area contributed by atoms with Crippen molar-refractivity contribution in [3.63, 3.8) is 0 Å². The van der Waals surface area contributed by atoms with Gasteiger partial charge in [-0.15, -0.1) is 0 Å². The zero-order chi connectivity index (χ0) is 12.8. The standard InChI is InChI=1S/C12H23NO2Si2/c1-16(2)7-8-17(3,4)13(16)11-6-5-10(9-11)12(14)15/h5,11H,6-9H2,1-4H3,(H,14,15). The lowest BCUT2D eigenvalue weighted by Crippen LogP contribution is -2.59. The van der Waals surface area contributed by atoms with Gasteiger partial charge in [-0.1, -0.05) is 32.3 Å². The van der Waals surface area contributed by atoms with Crippen LogP contribution in [0.3, 0.4) is 0 Å². The van der Waals surface area contributed by atoms with Crippen LogP contribution in [0.5, 0.6) is 0 Å². The van der Waals surface area contributed by atoms with Crippen LogP contribution < -0.4 is 0 Å². The van der Waals surface area contributed by atoms with E-state index in [-0.39, 0.29) is 0 Å². The fourth-order valence-corrected chi connectivity index (χ4v) is 18.7. The molecule has 0 spiro atoms. The van der Waals surface area contributed by atoms with E-state index >= 15 is 0 Å². The van der Waals surface area contributed by atoms with Crippen LogP contribution in [-0.2, 0) is 4.79 Å². The molecule has 17 heavy (non-hydrogen) atoms. The summed E-state index contributed by atoms with van der Waals surface area (Å²) in [6.07, 6.45) is 3.66. The zero-order valence-corrected chi connectivity index (χ0v) is 13.3. The SMILES string of the molecule is C[Si]1(C)CC[Si](C)(C)N1C1CC=C(C(=O)O)C1. The average Bonchev–Trinajstić information content (AvgIpc) is 2.70. The minimum atomic E-state index is -1.27. The predicted octanol–water partition coefficient (Wildman–Crippen LogP) is 2.89. The Balaban J connectivity index is 2.16. The number of carboxylic acid groups (broad SMARTS) is 1. The molecule has 1 heterocycles. The van der Waals surface area contributed by atoms with Crippen molar-refractivity contribution in [2.75, 3.05) is 0 Å². The molecule has 0 aromatic carbocycles. The van der Waals surface area contributed by atoms with Crippen LogP contribution in [0.2, 0.25) is 38.3 Å². The molecule has 0 saturated carbocycles. The molecule has 1 N–H and O–H groups in total. The third-order valence-electron chi connectivity index (χ3n) is 4.38. The monoisotopic (exact) mass is 269 g/mol. The van der Waals surface area contributed by atoms with Crippen molar-refractivity contribution >= 4 is 22.4 Å². The van der Waals surface area contributed by atoms with Gasteiger partial charge in [-0.3, -0.25) is 0 Å². The van der Waals surface area contributed by atoms with Crippen molar-refractivity contribution in [3.8, 4) is 0 Å². The number of aliphatic carboxylic acids is 1.